The molecule has 0 bridgehead atoms. The molecule has 0 rings (SSSR count). The molecular weight excluding hydrogens is 148 g/mol. The van der Waals surface area contributed by atoms with Crippen molar-refractivity contribution >= 4 is 0 Å². The van der Waals surface area contributed by atoms with Crippen LogP contribution in [0.1, 0.15) is 27.2 Å². The first-order valence-electron chi connectivity index (χ1n) is 5.00. The molecule has 1 atom stereocenters. The van der Waals surface area contributed by atoms with E-state index < -0.39 is 0 Å². The van der Waals surface area contributed by atoms with Gasteiger partial charge in [-0.15, -0.1) is 0 Å². The second kappa shape index (κ2) is 6.44. The molecule has 0 aromatic carbocycles. The van der Waals surface area contributed by atoms with E-state index in [1.165, 1.54) is 13.0 Å². The summed E-state index contributed by atoms with van der Waals surface area (Å²) >= 11 is 0. The lowest BCUT2D eigenvalue weighted by molar-refractivity contribution is 0.241. The summed E-state index contributed by atoms with van der Waals surface area (Å²) in [6.07, 6.45) is 1.23. The van der Waals surface area contributed by atoms with Crippen LogP contribution in [0.25, 0.3) is 0 Å². The van der Waals surface area contributed by atoms with Crippen LogP contribution in [0.5, 0.6) is 0 Å². The Morgan fingerprint density at radius 2 is 1.92 bits per heavy atom. The SMILES string of the molecule is CCCN(C)CC(CN)C(C)C. The Morgan fingerprint density at radius 3 is 2.25 bits per heavy atom. The number of nitrogens with zero attached hydrogens (tertiary/aromatic N) is 1. The Kier molecular flexibility index (Phi) is 6.39. The number of hydrogen-bond acceptors (Lipinski definition) is 2. The van der Waals surface area contributed by atoms with Gasteiger partial charge in [0, 0.05) is 6.54 Å². The molecular formula is C10H24N2. The Labute approximate surface area is 77.1 Å². The minimum absolute atomic E-state index is 0.654. The Morgan fingerprint density at radius 1 is 1.33 bits per heavy atom. The van der Waals surface area contributed by atoms with Crippen molar-refractivity contribution in [2.75, 3.05) is 26.7 Å². The highest BCUT2D eigenvalue weighted by molar-refractivity contribution is 4.67. The fourth-order valence-electron chi connectivity index (χ4n) is 1.43. The predicted octanol–water partition coefficient (Wildman–Crippen LogP) is 1.56. The van der Waals surface area contributed by atoms with Gasteiger partial charge < -0.3 is 10.6 Å². The zero-order valence-corrected chi connectivity index (χ0v) is 9.01. The normalized spacial score (nSPS) is 14.2. The van der Waals surface area contributed by atoms with E-state index in [4.69, 9.17) is 5.73 Å². The van der Waals surface area contributed by atoms with Gasteiger partial charge in [-0.2, -0.15) is 0 Å². The van der Waals surface area contributed by atoms with Gasteiger partial charge in [0.05, 0.1) is 0 Å². The molecule has 0 radical (unpaired) electrons. The zero-order valence-electron chi connectivity index (χ0n) is 9.01. The first-order chi connectivity index (χ1) is 5.61. The van der Waals surface area contributed by atoms with Crippen molar-refractivity contribution in [2.45, 2.75) is 27.2 Å². The molecule has 12 heavy (non-hydrogen) atoms. The summed E-state index contributed by atoms with van der Waals surface area (Å²) in [6.45, 7) is 9.84. The van der Waals surface area contributed by atoms with Crippen LogP contribution in [-0.2, 0) is 0 Å². The molecule has 0 fully saturated rings. The third kappa shape index (κ3) is 4.73. The van der Waals surface area contributed by atoms with Crippen LogP contribution in [0.2, 0.25) is 0 Å². The monoisotopic (exact) mass is 172 g/mol. The molecule has 0 heterocycles. The van der Waals surface area contributed by atoms with Crippen molar-refractivity contribution in [1.29, 1.82) is 0 Å². The quantitative estimate of drug-likeness (QED) is 0.659. The van der Waals surface area contributed by atoms with Gasteiger partial charge in [-0.1, -0.05) is 20.8 Å². The third-order valence-electron chi connectivity index (χ3n) is 2.40. The van der Waals surface area contributed by atoms with Gasteiger partial charge in [0.2, 0.25) is 0 Å². The predicted molar refractivity (Wildman–Crippen MR) is 55.2 cm³/mol. The fourth-order valence-corrected chi connectivity index (χ4v) is 1.43. The van der Waals surface area contributed by atoms with Gasteiger partial charge in [-0.3, -0.25) is 0 Å². The zero-order chi connectivity index (χ0) is 9.56. The van der Waals surface area contributed by atoms with E-state index in [0.29, 0.717) is 11.8 Å². The second-order valence-corrected chi connectivity index (χ2v) is 4.00. The Balaban J connectivity index is 3.69. The number of hydrogen-bond donors (Lipinski definition) is 1. The van der Waals surface area contributed by atoms with Crippen LogP contribution in [0.15, 0.2) is 0 Å². The molecule has 2 N–H and O–H groups in total. The van der Waals surface area contributed by atoms with Crippen molar-refractivity contribution in [1.82, 2.24) is 4.90 Å². The van der Waals surface area contributed by atoms with Crippen molar-refractivity contribution in [3.63, 3.8) is 0 Å². The first kappa shape index (κ1) is 11.9. The Bertz CT molecular complexity index is 102. The highest BCUT2D eigenvalue weighted by atomic mass is 15.1. The molecule has 0 amide bonds. The van der Waals surface area contributed by atoms with E-state index in [1.807, 2.05) is 0 Å². The third-order valence-corrected chi connectivity index (χ3v) is 2.40. The highest BCUT2D eigenvalue weighted by Crippen LogP contribution is 2.10. The van der Waals surface area contributed by atoms with Crippen molar-refractivity contribution in [2.24, 2.45) is 17.6 Å². The molecule has 2 nitrogen and oxygen atoms in total. The van der Waals surface area contributed by atoms with Gasteiger partial charge in [-0.05, 0) is 38.4 Å². The van der Waals surface area contributed by atoms with Crippen LogP contribution in [0, 0.1) is 11.8 Å². The number of rotatable bonds is 6. The van der Waals surface area contributed by atoms with Crippen LogP contribution in [0.3, 0.4) is 0 Å². The Hall–Kier alpha value is -0.0800. The highest BCUT2D eigenvalue weighted by Gasteiger charge is 2.12. The van der Waals surface area contributed by atoms with Crippen LogP contribution >= 0.6 is 0 Å². The van der Waals surface area contributed by atoms with Gasteiger partial charge in [0.1, 0.15) is 0 Å². The summed E-state index contributed by atoms with van der Waals surface area (Å²) in [7, 11) is 2.18. The summed E-state index contributed by atoms with van der Waals surface area (Å²) in [4.78, 5) is 2.37. The molecule has 2 heteroatoms. The molecule has 0 spiro atoms. The van der Waals surface area contributed by atoms with E-state index in [1.54, 1.807) is 0 Å². The lowest BCUT2D eigenvalue weighted by Crippen LogP contribution is -2.33. The summed E-state index contributed by atoms with van der Waals surface area (Å²) in [5.41, 5.74) is 5.69. The fraction of sp³-hybridized carbons (Fsp3) is 1.00. The van der Waals surface area contributed by atoms with Gasteiger partial charge in [-0.25, -0.2) is 0 Å². The van der Waals surface area contributed by atoms with Crippen LogP contribution < -0.4 is 5.73 Å². The number of nitrogens with two attached hydrogens (primary N) is 1. The maximum Gasteiger partial charge on any atom is 0.00211 e. The lowest BCUT2D eigenvalue weighted by Gasteiger charge is -2.25. The first-order valence-corrected chi connectivity index (χ1v) is 5.00. The summed E-state index contributed by atoms with van der Waals surface area (Å²) in [5, 5.41) is 0. The lowest BCUT2D eigenvalue weighted by atomic mass is 9.95. The molecule has 0 aromatic heterocycles. The maximum atomic E-state index is 5.69. The van der Waals surface area contributed by atoms with E-state index >= 15 is 0 Å². The maximum absolute atomic E-state index is 5.69. The second-order valence-electron chi connectivity index (χ2n) is 4.00. The van der Waals surface area contributed by atoms with Crippen LogP contribution in [-0.4, -0.2) is 31.6 Å². The summed E-state index contributed by atoms with van der Waals surface area (Å²) in [5.74, 6) is 1.36. The van der Waals surface area contributed by atoms with Crippen LogP contribution in [0.4, 0.5) is 0 Å². The van der Waals surface area contributed by atoms with Gasteiger partial charge in [0.15, 0.2) is 0 Å². The molecule has 0 aliphatic carbocycles. The average molecular weight is 172 g/mol. The van der Waals surface area contributed by atoms with Crippen molar-refractivity contribution < 1.29 is 0 Å². The van der Waals surface area contributed by atoms with E-state index in [2.05, 4.69) is 32.7 Å². The largest absolute Gasteiger partial charge is 0.330 e. The van der Waals surface area contributed by atoms with E-state index in [0.717, 1.165) is 13.1 Å². The van der Waals surface area contributed by atoms with E-state index in [9.17, 15) is 0 Å². The standard InChI is InChI=1S/C10H24N2/c1-5-6-12(4)8-10(7-11)9(2)3/h9-10H,5-8,11H2,1-4H3. The molecule has 0 saturated carbocycles. The smallest absolute Gasteiger partial charge is 0.00211 e. The minimum atomic E-state index is 0.654. The summed E-state index contributed by atoms with van der Waals surface area (Å²) < 4.78 is 0. The summed E-state index contributed by atoms with van der Waals surface area (Å²) in [6, 6.07) is 0. The van der Waals surface area contributed by atoms with E-state index in [-0.39, 0.29) is 0 Å². The topological polar surface area (TPSA) is 29.3 Å². The van der Waals surface area contributed by atoms with Crippen molar-refractivity contribution in [3.05, 3.63) is 0 Å². The molecule has 0 saturated heterocycles. The molecule has 74 valence electrons. The molecule has 1 unspecified atom stereocenters. The minimum Gasteiger partial charge on any atom is -0.330 e. The molecule has 0 aromatic rings. The van der Waals surface area contributed by atoms with Crippen molar-refractivity contribution in [3.8, 4) is 0 Å². The van der Waals surface area contributed by atoms with Gasteiger partial charge in [0.25, 0.3) is 0 Å². The molecule has 0 aliphatic rings. The molecule has 0 aliphatic heterocycles. The average Bonchev–Trinajstić information content (AvgIpc) is 2.00. The van der Waals surface area contributed by atoms with Gasteiger partial charge >= 0.3 is 0 Å².